The lowest BCUT2D eigenvalue weighted by Crippen LogP contribution is -2.37. The largest absolute Gasteiger partial charge is 0.356 e. The Morgan fingerprint density at radius 2 is 1.72 bits per heavy atom. The van der Waals surface area contributed by atoms with E-state index in [4.69, 9.17) is 11.6 Å². The van der Waals surface area contributed by atoms with E-state index < -0.39 is 10.0 Å². The number of halogens is 1. The summed E-state index contributed by atoms with van der Waals surface area (Å²) in [6, 6.07) is 15.2. The molecule has 0 unspecified atom stereocenters. The molecule has 0 saturated carbocycles. The van der Waals surface area contributed by atoms with Crippen LogP contribution >= 0.6 is 11.6 Å². The van der Waals surface area contributed by atoms with Gasteiger partial charge in [0.2, 0.25) is 10.0 Å². The average Bonchev–Trinajstić information content (AvgIpc) is 2.64. The van der Waals surface area contributed by atoms with Gasteiger partial charge >= 0.3 is 0 Å². The molecule has 0 saturated heterocycles. The van der Waals surface area contributed by atoms with Crippen molar-refractivity contribution in [3.63, 3.8) is 0 Å². The zero-order valence-electron chi connectivity index (χ0n) is 17.1. The van der Waals surface area contributed by atoms with Crippen LogP contribution in [0.5, 0.6) is 0 Å². The first-order valence-electron chi connectivity index (χ1n) is 9.54. The highest BCUT2D eigenvalue weighted by atomic mass is 35.5. The maximum Gasteiger partial charge on any atom is 0.216 e. The zero-order chi connectivity index (χ0) is 21.3. The molecule has 158 valence electrons. The number of hydrogen-bond acceptors (Lipinski definition) is 3. The van der Waals surface area contributed by atoms with E-state index in [1.54, 1.807) is 7.05 Å². The van der Waals surface area contributed by atoms with Crippen LogP contribution in [0.2, 0.25) is 5.02 Å². The van der Waals surface area contributed by atoms with Gasteiger partial charge in [0.15, 0.2) is 5.96 Å². The first-order chi connectivity index (χ1) is 13.8. The quantitative estimate of drug-likeness (QED) is 0.416. The highest BCUT2D eigenvalue weighted by Crippen LogP contribution is 2.11. The third-order valence-electron chi connectivity index (χ3n) is 4.07. The van der Waals surface area contributed by atoms with Gasteiger partial charge in [-0.05, 0) is 49.1 Å². The minimum atomic E-state index is -3.32. The molecule has 2 aromatic carbocycles. The van der Waals surface area contributed by atoms with Crippen molar-refractivity contribution < 1.29 is 8.42 Å². The summed E-state index contributed by atoms with van der Waals surface area (Å²) in [5.74, 6) is 0.686. The van der Waals surface area contributed by atoms with Gasteiger partial charge in [0.05, 0.1) is 5.75 Å². The normalized spacial score (nSPS) is 12.2. The van der Waals surface area contributed by atoms with Gasteiger partial charge in [0.25, 0.3) is 0 Å². The monoisotopic (exact) mass is 436 g/mol. The Balaban J connectivity index is 1.80. The summed E-state index contributed by atoms with van der Waals surface area (Å²) in [7, 11) is -1.59. The van der Waals surface area contributed by atoms with Crippen molar-refractivity contribution in [1.29, 1.82) is 0 Å². The van der Waals surface area contributed by atoms with Crippen molar-refractivity contribution in [2.24, 2.45) is 4.99 Å². The maximum atomic E-state index is 12.0. The van der Waals surface area contributed by atoms with E-state index in [1.165, 1.54) is 0 Å². The van der Waals surface area contributed by atoms with E-state index in [1.807, 2.05) is 62.4 Å². The molecule has 0 aliphatic carbocycles. The topological polar surface area (TPSA) is 82.6 Å². The van der Waals surface area contributed by atoms with Crippen LogP contribution in [0, 0.1) is 0 Å². The molecule has 0 aromatic heterocycles. The first-order valence-corrected chi connectivity index (χ1v) is 11.6. The minimum Gasteiger partial charge on any atom is -0.356 e. The number of guanidine groups is 1. The molecule has 0 bridgehead atoms. The molecular weight excluding hydrogens is 408 g/mol. The van der Waals surface area contributed by atoms with Gasteiger partial charge in [-0.15, -0.1) is 0 Å². The molecule has 0 fully saturated rings. The summed E-state index contributed by atoms with van der Waals surface area (Å²) in [6.45, 7) is 4.94. The fourth-order valence-electron chi connectivity index (χ4n) is 2.80. The van der Waals surface area contributed by atoms with Gasteiger partial charge in [0.1, 0.15) is 0 Å². The molecule has 8 heteroatoms. The number of sulfonamides is 1. The lowest BCUT2D eigenvalue weighted by Gasteiger charge is -2.13. The Bertz CT molecular complexity index is 913. The molecule has 2 rings (SSSR count). The highest BCUT2D eigenvalue weighted by molar-refractivity contribution is 7.88. The summed E-state index contributed by atoms with van der Waals surface area (Å²) in [4.78, 5) is 4.23. The fourth-order valence-corrected chi connectivity index (χ4v) is 4.44. The van der Waals surface area contributed by atoms with Crippen molar-refractivity contribution >= 4 is 27.6 Å². The smallest absolute Gasteiger partial charge is 0.216 e. The van der Waals surface area contributed by atoms with Crippen molar-refractivity contribution in [2.45, 2.75) is 38.6 Å². The van der Waals surface area contributed by atoms with E-state index in [9.17, 15) is 8.42 Å². The molecule has 0 aliphatic heterocycles. The third kappa shape index (κ3) is 8.85. The van der Waals surface area contributed by atoms with Crippen LogP contribution in [0.3, 0.4) is 0 Å². The van der Waals surface area contributed by atoms with E-state index in [0.29, 0.717) is 12.5 Å². The summed E-state index contributed by atoms with van der Waals surface area (Å²) in [5, 5.41) is 7.27. The third-order valence-corrected chi connectivity index (χ3v) is 5.85. The number of hydrogen-bond donors (Lipinski definition) is 3. The van der Waals surface area contributed by atoms with Gasteiger partial charge in [-0.3, -0.25) is 4.99 Å². The maximum absolute atomic E-state index is 12.0. The van der Waals surface area contributed by atoms with Gasteiger partial charge < -0.3 is 10.6 Å². The zero-order valence-corrected chi connectivity index (χ0v) is 18.6. The molecule has 0 amide bonds. The predicted octanol–water partition coefficient (Wildman–Crippen LogP) is 3.08. The van der Waals surface area contributed by atoms with Gasteiger partial charge in [-0.25, -0.2) is 13.1 Å². The summed E-state index contributed by atoms with van der Waals surface area (Å²) >= 11 is 6.01. The molecule has 3 N–H and O–H groups in total. The van der Waals surface area contributed by atoms with Crippen molar-refractivity contribution in [3.8, 4) is 0 Å². The molecule has 6 nitrogen and oxygen atoms in total. The molecule has 0 atom stereocenters. The minimum absolute atomic E-state index is 0.0222. The molecule has 0 spiro atoms. The second-order valence-electron chi connectivity index (χ2n) is 7.08. The Morgan fingerprint density at radius 3 is 2.34 bits per heavy atom. The van der Waals surface area contributed by atoms with Crippen LogP contribution in [0.15, 0.2) is 53.5 Å². The Labute approximate surface area is 178 Å². The number of nitrogens with zero attached hydrogens (tertiary/aromatic N) is 1. The Hall–Kier alpha value is -2.09. The highest BCUT2D eigenvalue weighted by Gasteiger charge is 2.12. The molecule has 29 heavy (non-hydrogen) atoms. The summed E-state index contributed by atoms with van der Waals surface area (Å²) in [5.41, 5.74) is 2.96. The Morgan fingerprint density at radius 1 is 1.03 bits per heavy atom. The molecule has 0 aliphatic rings. The SMILES string of the molecule is CN=C(NCCc1cccc(Cl)c1)NCc1ccc(CS(=O)(=O)NC(C)C)cc1. The molecule has 0 radical (unpaired) electrons. The predicted molar refractivity (Wildman–Crippen MR) is 121 cm³/mol. The van der Waals surface area contributed by atoms with Crippen LogP contribution < -0.4 is 15.4 Å². The summed E-state index contributed by atoms with van der Waals surface area (Å²) in [6.07, 6.45) is 0.842. The van der Waals surface area contributed by atoms with Gasteiger partial charge in [-0.2, -0.15) is 0 Å². The van der Waals surface area contributed by atoms with E-state index >= 15 is 0 Å². The van der Waals surface area contributed by atoms with E-state index in [2.05, 4.69) is 20.3 Å². The number of aliphatic imine (C=N–C) groups is 1. The van der Waals surface area contributed by atoms with E-state index in [0.717, 1.165) is 34.7 Å². The second-order valence-corrected chi connectivity index (χ2v) is 9.27. The average molecular weight is 437 g/mol. The fraction of sp³-hybridized carbons (Fsp3) is 0.381. The first kappa shape index (κ1) is 23.2. The van der Waals surface area contributed by atoms with Crippen LogP contribution in [0.1, 0.15) is 30.5 Å². The number of nitrogens with one attached hydrogen (secondary N) is 3. The van der Waals surface area contributed by atoms with Crippen LogP contribution in [-0.4, -0.2) is 34.0 Å². The summed E-state index contributed by atoms with van der Waals surface area (Å²) < 4.78 is 26.6. The lowest BCUT2D eigenvalue weighted by atomic mass is 10.1. The second kappa shape index (κ2) is 11.2. The van der Waals surface area contributed by atoms with E-state index in [-0.39, 0.29) is 11.8 Å². The standard InChI is InChI=1S/C21H29ClN4O2S/c1-16(2)26-29(27,28)15-19-9-7-18(8-10-19)14-25-21(23-3)24-12-11-17-5-4-6-20(22)13-17/h4-10,13,16,26H,11-12,14-15H2,1-3H3,(H2,23,24,25). The van der Waals surface area contributed by atoms with Crippen molar-refractivity contribution in [3.05, 3.63) is 70.2 Å². The van der Waals surface area contributed by atoms with Crippen LogP contribution in [0.4, 0.5) is 0 Å². The van der Waals surface area contributed by atoms with Crippen LogP contribution in [-0.2, 0) is 28.7 Å². The van der Waals surface area contributed by atoms with Crippen molar-refractivity contribution in [2.75, 3.05) is 13.6 Å². The molecule has 2 aromatic rings. The van der Waals surface area contributed by atoms with Crippen molar-refractivity contribution in [1.82, 2.24) is 15.4 Å². The number of rotatable bonds is 9. The molecule has 0 heterocycles. The lowest BCUT2D eigenvalue weighted by molar-refractivity contribution is 0.569. The number of benzene rings is 2. The van der Waals surface area contributed by atoms with Crippen LogP contribution in [0.25, 0.3) is 0 Å². The molecular formula is C21H29ClN4O2S. The Kier molecular flexibility index (Phi) is 8.95. The van der Waals surface area contributed by atoms with Gasteiger partial charge in [-0.1, -0.05) is 48.0 Å². The van der Waals surface area contributed by atoms with Gasteiger partial charge in [0, 0.05) is 31.2 Å².